The zero-order chi connectivity index (χ0) is 21.0. The van der Waals surface area contributed by atoms with Gasteiger partial charge in [0.15, 0.2) is 0 Å². The van der Waals surface area contributed by atoms with E-state index in [0.29, 0.717) is 5.92 Å². The molecule has 1 atom stereocenters. The Kier molecular flexibility index (Phi) is 6.37. The average molecular weight is 426 g/mol. The van der Waals surface area contributed by atoms with Gasteiger partial charge in [0.25, 0.3) is 0 Å². The van der Waals surface area contributed by atoms with Gasteiger partial charge in [-0.15, -0.1) is 0 Å². The normalized spacial score (nSPS) is 20.4. The molecule has 0 unspecified atom stereocenters. The third-order valence-electron chi connectivity index (χ3n) is 5.86. The Morgan fingerprint density at radius 2 is 1.70 bits per heavy atom. The molecule has 1 aliphatic carbocycles. The summed E-state index contributed by atoms with van der Waals surface area (Å²) in [5.74, 6) is 0.731. The van der Waals surface area contributed by atoms with Crippen molar-refractivity contribution in [2.75, 3.05) is 19.6 Å². The number of rotatable bonds is 6. The highest BCUT2D eigenvalue weighted by Crippen LogP contribution is 2.33. The number of benzene rings is 2. The van der Waals surface area contributed by atoms with E-state index in [1.165, 1.54) is 23.1 Å². The molecule has 1 N–H and O–H groups in total. The van der Waals surface area contributed by atoms with E-state index < -0.39 is 10.4 Å². The first kappa shape index (κ1) is 20.8. The zero-order valence-electron chi connectivity index (χ0n) is 16.9. The first-order chi connectivity index (χ1) is 14.5. The van der Waals surface area contributed by atoms with Crippen molar-refractivity contribution in [3.05, 3.63) is 77.9 Å². The fraction of sp³-hybridized carbons (Fsp3) is 0.333. The lowest BCUT2D eigenvalue weighted by molar-refractivity contribution is 0.244. The zero-order valence-corrected chi connectivity index (χ0v) is 17.7. The molecule has 1 aliphatic heterocycles. The lowest BCUT2D eigenvalue weighted by Crippen LogP contribution is -2.33. The van der Waals surface area contributed by atoms with Crippen LogP contribution in [0.3, 0.4) is 0 Å². The van der Waals surface area contributed by atoms with E-state index in [9.17, 15) is 8.42 Å². The minimum absolute atomic E-state index is 0.114. The molecule has 0 radical (unpaired) electrons. The summed E-state index contributed by atoms with van der Waals surface area (Å²) < 4.78 is 35.0. The number of nitrogens with zero attached hydrogens (tertiary/aromatic N) is 1. The molecule has 0 fully saturated rings. The van der Waals surface area contributed by atoms with Crippen LogP contribution in [0.25, 0.3) is 11.1 Å². The minimum Gasteiger partial charge on any atom is -0.362 e. The Hall–Kier alpha value is -2.41. The van der Waals surface area contributed by atoms with Gasteiger partial charge in [-0.25, -0.2) is 0 Å². The second-order valence-electron chi connectivity index (χ2n) is 8.02. The van der Waals surface area contributed by atoms with E-state index in [2.05, 4.69) is 51.6 Å². The highest BCUT2D eigenvalue weighted by Gasteiger charge is 2.21. The third-order valence-corrected chi connectivity index (χ3v) is 6.26. The van der Waals surface area contributed by atoms with Gasteiger partial charge in [-0.1, -0.05) is 54.6 Å². The standard InChI is InChI=1S/C24H27NO4S/c26-30(27,28)29-24-11-9-21(10-12-24)23-8-4-5-19(17-23)18-25-15-13-22(14-16-25)20-6-2-1-3-7-20/h1-3,6-13,19H,4-5,14-18H2,(H,26,27,28)/t19-/m1/s1. The van der Waals surface area contributed by atoms with Gasteiger partial charge in [0.05, 0.1) is 0 Å². The molecule has 1 heterocycles. The molecule has 2 aliphatic rings. The van der Waals surface area contributed by atoms with E-state index in [1.54, 1.807) is 12.1 Å². The molecule has 2 aromatic rings. The quantitative estimate of drug-likeness (QED) is 0.671. The molecular formula is C24H27NO4S. The summed E-state index contributed by atoms with van der Waals surface area (Å²) in [6.07, 6.45) is 9.01. The smallest absolute Gasteiger partial charge is 0.362 e. The van der Waals surface area contributed by atoms with Crippen LogP contribution in [0.5, 0.6) is 5.75 Å². The number of allylic oxidation sites excluding steroid dienone is 2. The SMILES string of the molecule is O=S(=O)(O)Oc1ccc(C2=CCC[C@@H](CN3CC=C(c4ccccc4)CC3)C2)cc1. The fourth-order valence-electron chi connectivity index (χ4n) is 4.38. The maximum Gasteiger partial charge on any atom is 0.446 e. The van der Waals surface area contributed by atoms with Gasteiger partial charge in [0.1, 0.15) is 5.75 Å². The molecule has 0 saturated carbocycles. The maximum atomic E-state index is 10.8. The molecule has 0 aromatic heterocycles. The maximum absolute atomic E-state index is 10.8. The molecule has 4 rings (SSSR count). The third kappa shape index (κ3) is 5.59. The number of hydrogen-bond donors (Lipinski definition) is 1. The molecule has 2 aromatic carbocycles. The van der Waals surface area contributed by atoms with Crippen LogP contribution in [-0.2, 0) is 10.4 Å². The molecule has 30 heavy (non-hydrogen) atoms. The second kappa shape index (κ2) is 9.16. The average Bonchev–Trinajstić information content (AvgIpc) is 2.75. The summed E-state index contributed by atoms with van der Waals surface area (Å²) in [7, 11) is -4.49. The predicted octanol–water partition coefficient (Wildman–Crippen LogP) is 4.84. The van der Waals surface area contributed by atoms with Gasteiger partial charge in [-0.3, -0.25) is 9.45 Å². The number of hydrogen-bond acceptors (Lipinski definition) is 4. The van der Waals surface area contributed by atoms with Gasteiger partial charge < -0.3 is 4.18 Å². The van der Waals surface area contributed by atoms with Gasteiger partial charge in [-0.2, -0.15) is 8.42 Å². The minimum atomic E-state index is -4.49. The van der Waals surface area contributed by atoms with Crippen LogP contribution in [0, 0.1) is 5.92 Å². The summed E-state index contributed by atoms with van der Waals surface area (Å²) in [6.45, 7) is 3.19. The Labute approximate surface area is 178 Å². The van der Waals surface area contributed by atoms with Crippen molar-refractivity contribution >= 4 is 21.5 Å². The molecule has 0 bridgehead atoms. The van der Waals surface area contributed by atoms with Crippen molar-refractivity contribution in [2.45, 2.75) is 25.7 Å². The summed E-state index contributed by atoms with van der Waals surface area (Å²) >= 11 is 0. The van der Waals surface area contributed by atoms with Crippen LogP contribution in [0.2, 0.25) is 0 Å². The molecule has 0 saturated heterocycles. The Morgan fingerprint density at radius 3 is 2.37 bits per heavy atom. The first-order valence-electron chi connectivity index (χ1n) is 10.4. The molecule has 5 nitrogen and oxygen atoms in total. The molecule has 158 valence electrons. The van der Waals surface area contributed by atoms with E-state index in [1.807, 2.05) is 12.1 Å². The molecular weight excluding hydrogens is 398 g/mol. The molecule has 6 heteroatoms. The van der Waals surface area contributed by atoms with Crippen molar-refractivity contribution in [3.63, 3.8) is 0 Å². The lowest BCUT2D eigenvalue weighted by atomic mass is 9.85. The van der Waals surface area contributed by atoms with Gasteiger partial charge in [0, 0.05) is 19.6 Å². The summed E-state index contributed by atoms with van der Waals surface area (Å²) in [6, 6.07) is 17.5. The van der Waals surface area contributed by atoms with Crippen LogP contribution in [0.15, 0.2) is 66.7 Å². The van der Waals surface area contributed by atoms with E-state index in [4.69, 9.17) is 4.55 Å². The van der Waals surface area contributed by atoms with E-state index in [-0.39, 0.29) is 5.75 Å². The van der Waals surface area contributed by atoms with Crippen LogP contribution in [0.4, 0.5) is 0 Å². The Balaban J connectivity index is 1.33. The fourth-order valence-corrected chi connectivity index (χ4v) is 4.74. The van der Waals surface area contributed by atoms with Crippen molar-refractivity contribution in [1.29, 1.82) is 0 Å². The largest absolute Gasteiger partial charge is 0.446 e. The van der Waals surface area contributed by atoms with Crippen LogP contribution in [-0.4, -0.2) is 37.5 Å². The van der Waals surface area contributed by atoms with Crippen LogP contribution >= 0.6 is 0 Å². The van der Waals surface area contributed by atoms with E-state index >= 15 is 0 Å². The highest BCUT2D eigenvalue weighted by molar-refractivity contribution is 7.81. The lowest BCUT2D eigenvalue weighted by Gasteiger charge is -2.32. The van der Waals surface area contributed by atoms with Gasteiger partial charge in [0.2, 0.25) is 0 Å². The topological polar surface area (TPSA) is 66.8 Å². The summed E-state index contributed by atoms with van der Waals surface area (Å²) in [4.78, 5) is 2.54. The Morgan fingerprint density at radius 1 is 0.967 bits per heavy atom. The van der Waals surface area contributed by atoms with Crippen molar-refractivity contribution < 1.29 is 17.2 Å². The van der Waals surface area contributed by atoms with Crippen LogP contribution in [0.1, 0.15) is 36.8 Å². The molecule has 0 spiro atoms. The van der Waals surface area contributed by atoms with Crippen molar-refractivity contribution in [3.8, 4) is 5.75 Å². The van der Waals surface area contributed by atoms with Crippen molar-refractivity contribution in [2.24, 2.45) is 5.92 Å². The predicted molar refractivity (Wildman–Crippen MR) is 119 cm³/mol. The van der Waals surface area contributed by atoms with E-state index in [0.717, 1.165) is 44.5 Å². The van der Waals surface area contributed by atoms with Crippen molar-refractivity contribution in [1.82, 2.24) is 4.90 Å². The molecule has 0 amide bonds. The Bertz CT molecular complexity index is 1030. The monoisotopic (exact) mass is 425 g/mol. The van der Waals surface area contributed by atoms with Gasteiger partial charge in [-0.05, 0) is 66.0 Å². The highest BCUT2D eigenvalue weighted by atomic mass is 32.3. The van der Waals surface area contributed by atoms with Crippen LogP contribution < -0.4 is 4.18 Å². The summed E-state index contributed by atoms with van der Waals surface area (Å²) in [5, 5.41) is 0. The summed E-state index contributed by atoms with van der Waals surface area (Å²) in [5.41, 5.74) is 5.15. The second-order valence-corrected chi connectivity index (χ2v) is 9.04. The first-order valence-corrected chi connectivity index (χ1v) is 11.8. The van der Waals surface area contributed by atoms with Gasteiger partial charge >= 0.3 is 10.4 Å².